The van der Waals surface area contributed by atoms with Crippen LogP contribution in [0.25, 0.3) is 0 Å². The van der Waals surface area contributed by atoms with E-state index in [9.17, 15) is 33.2 Å². The van der Waals surface area contributed by atoms with E-state index >= 15 is 0 Å². The van der Waals surface area contributed by atoms with Crippen molar-refractivity contribution in [3.63, 3.8) is 0 Å². The third-order valence-corrected chi connectivity index (χ3v) is 12.8. The third-order valence-electron chi connectivity index (χ3n) is 12.5. The average Bonchev–Trinajstić information content (AvgIpc) is 3.53. The fourth-order valence-corrected chi connectivity index (χ4v) is 9.28. The van der Waals surface area contributed by atoms with Gasteiger partial charge >= 0.3 is 0 Å². The number of aromatic nitrogens is 2. The molecule has 5 aromatic rings. The zero-order valence-electron chi connectivity index (χ0n) is 34.5. The van der Waals surface area contributed by atoms with Crippen molar-refractivity contribution in [3.8, 4) is 0 Å². The Balaban J connectivity index is 0.721. The summed E-state index contributed by atoms with van der Waals surface area (Å²) in [7, 11) is 0. The van der Waals surface area contributed by atoms with Gasteiger partial charge in [0.2, 0.25) is 23.7 Å². The van der Waals surface area contributed by atoms with Gasteiger partial charge in [0.1, 0.15) is 6.04 Å². The van der Waals surface area contributed by atoms with Gasteiger partial charge in [-0.3, -0.25) is 39.0 Å². The van der Waals surface area contributed by atoms with E-state index in [-0.39, 0.29) is 59.4 Å². The van der Waals surface area contributed by atoms with Crippen LogP contribution in [0.5, 0.6) is 0 Å². The minimum atomic E-state index is -1.02. The number of anilines is 6. The molecular formula is C47H43ClFN9O6. The van der Waals surface area contributed by atoms with Gasteiger partial charge in [0.15, 0.2) is 11.6 Å². The summed E-state index contributed by atoms with van der Waals surface area (Å²) in [4.78, 5) is 88.2. The maximum atomic E-state index is 14.7. The molecule has 326 valence electrons. The second-order valence-corrected chi connectivity index (χ2v) is 17.1. The predicted octanol–water partition coefficient (Wildman–Crippen LogP) is 7.08. The first-order valence-electron chi connectivity index (χ1n) is 21.1. The number of fused-ring (bicyclic) bond motifs is 1. The van der Waals surface area contributed by atoms with E-state index in [1.165, 1.54) is 0 Å². The predicted molar refractivity (Wildman–Crippen MR) is 237 cm³/mol. The summed E-state index contributed by atoms with van der Waals surface area (Å²) in [6.07, 6.45) is 5.29. The largest absolute Gasteiger partial charge is 0.384 e. The third kappa shape index (κ3) is 8.73. The normalized spacial score (nSPS) is 18.0. The van der Waals surface area contributed by atoms with Gasteiger partial charge in [0.25, 0.3) is 17.7 Å². The number of imide groups is 2. The van der Waals surface area contributed by atoms with E-state index in [1.807, 2.05) is 29.2 Å². The van der Waals surface area contributed by atoms with Crippen molar-refractivity contribution < 1.29 is 33.2 Å². The molecule has 1 aliphatic carbocycles. The number of hydrogen-bond donors (Lipinski definition) is 5. The van der Waals surface area contributed by atoms with Gasteiger partial charge < -0.3 is 26.2 Å². The molecule has 5 N–H and O–H groups in total. The van der Waals surface area contributed by atoms with Gasteiger partial charge in [0.05, 0.1) is 34.5 Å². The first-order chi connectivity index (χ1) is 30.9. The molecule has 15 nitrogen and oxygen atoms in total. The number of hydrogen-bond acceptors (Lipinski definition) is 11. The molecule has 17 heteroatoms. The monoisotopic (exact) mass is 883 g/mol. The van der Waals surface area contributed by atoms with Crippen LogP contribution in [0.3, 0.4) is 0 Å². The lowest BCUT2D eigenvalue weighted by molar-refractivity contribution is -0.136. The molecule has 4 aliphatic rings. The van der Waals surface area contributed by atoms with E-state index < -0.39 is 35.5 Å². The van der Waals surface area contributed by atoms with Crippen LogP contribution in [0.15, 0.2) is 97.2 Å². The maximum Gasteiger partial charge on any atom is 0.264 e. The molecule has 2 saturated heterocycles. The Kier molecular flexibility index (Phi) is 11.5. The van der Waals surface area contributed by atoms with Crippen LogP contribution in [0.1, 0.15) is 75.2 Å². The van der Waals surface area contributed by atoms with Crippen LogP contribution >= 0.6 is 11.6 Å². The molecule has 6 amide bonds. The molecule has 3 fully saturated rings. The Hall–Kier alpha value is -7.20. The van der Waals surface area contributed by atoms with Crippen molar-refractivity contribution >= 4 is 81.6 Å². The average molecular weight is 884 g/mol. The minimum Gasteiger partial charge on any atom is -0.384 e. The lowest BCUT2D eigenvalue weighted by atomic mass is 9.57. The highest BCUT2D eigenvalue weighted by Gasteiger charge is 2.48. The molecule has 1 spiro atoms. The molecule has 64 heavy (non-hydrogen) atoms. The highest BCUT2D eigenvalue weighted by atomic mass is 35.5. The summed E-state index contributed by atoms with van der Waals surface area (Å²) >= 11 is 6.15. The Morgan fingerprint density at radius 2 is 1.55 bits per heavy atom. The molecule has 1 atom stereocenters. The Bertz CT molecular complexity index is 2680. The second-order valence-electron chi connectivity index (χ2n) is 16.7. The van der Waals surface area contributed by atoms with Crippen molar-refractivity contribution in [2.24, 2.45) is 11.3 Å². The quantitative estimate of drug-likeness (QED) is 0.0804. The summed E-state index contributed by atoms with van der Waals surface area (Å²) in [5.74, 6) is -2.59. The van der Waals surface area contributed by atoms with Gasteiger partial charge in [-0.05, 0) is 110 Å². The number of carbonyl (C=O) groups excluding carboxylic acids is 6. The summed E-state index contributed by atoms with van der Waals surface area (Å²) in [6, 6.07) is 24.8. The maximum absolute atomic E-state index is 14.7. The molecule has 4 aromatic carbocycles. The van der Waals surface area contributed by atoms with E-state index in [4.69, 9.17) is 11.6 Å². The molecule has 3 aliphatic heterocycles. The Morgan fingerprint density at radius 1 is 0.844 bits per heavy atom. The van der Waals surface area contributed by atoms with E-state index in [0.29, 0.717) is 58.9 Å². The smallest absolute Gasteiger partial charge is 0.264 e. The highest BCUT2D eigenvalue weighted by molar-refractivity contribution is 6.34. The van der Waals surface area contributed by atoms with E-state index in [1.54, 1.807) is 66.7 Å². The lowest BCUT2D eigenvalue weighted by Gasteiger charge is -2.52. The molecule has 1 unspecified atom stereocenters. The van der Waals surface area contributed by atoms with Gasteiger partial charge in [-0.25, -0.2) is 9.37 Å². The number of carbonyl (C=O) groups is 6. The topological polar surface area (TPSA) is 195 Å². The number of likely N-dealkylation sites (tertiary alicyclic amines) is 1. The first-order valence-corrected chi connectivity index (χ1v) is 21.5. The minimum absolute atomic E-state index is 0.0570. The van der Waals surface area contributed by atoms with Crippen LogP contribution in [0.2, 0.25) is 5.02 Å². The molecular weight excluding hydrogens is 841 g/mol. The summed E-state index contributed by atoms with van der Waals surface area (Å²) < 4.78 is 14.7. The van der Waals surface area contributed by atoms with E-state index in [2.05, 4.69) is 36.6 Å². The zero-order valence-corrected chi connectivity index (χ0v) is 35.2. The van der Waals surface area contributed by atoms with Crippen LogP contribution < -0.4 is 26.6 Å². The zero-order chi connectivity index (χ0) is 44.5. The molecule has 1 saturated carbocycles. The number of halogens is 2. The number of para-hydroxylation sites is 1. The Morgan fingerprint density at radius 3 is 2.28 bits per heavy atom. The number of amides is 6. The number of piperidine rings is 2. The fourth-order valence-electron chi connectivity index (χ4n) is 9.10. The van der Waals surface area contributed by atoms with Gasteiger partial charge in [-0.1, -0.05) is 41.9 Å². The number of benzene rings is 4. The second kappa shape index (κ2) is 17.5. The number of nitrogens with zero attached hydrogens (tertiary/aromatic N) is 4. The highest BCUT2D eigenvalue weighted by Crippen LogP contribution is 2.52. The summed E-state index contributed by atoms with van der Waals surface area (Å²) in [5.41, 5.74) is 4.13. The van der Waals surface area contributed by atoms with Gasteiger partial charge in [-0.2, -0.15) is 4.98 Å². The molecule has 0 radical (unpaired) electrons. The molecule has 1 aromatic heterocycles. The SMILES string of the molecule is O=C1CCC(N2C(=O)c3cccc(NCC4CC5(CCN(C(=O)Cc6ccc(Nc7ncc(F)c(Nc8ccc(C(=O)Nc9ccccc9Cl)cc8)n7)cc6)CC5)C4)c3C2=O)C(=O)N1. The summed E-state index contributed by atoms with van der Waals surface area (Å²) in [5, 5.41) is 14.8. The fraction of sp³-hybridized carbons (Fsp3) is 0.277. The van der Waals surface area contributed by atoms with Crippen molar-refractivity contribution in [2.45, 2.75) is 51.0 Å². The molecule has 9 rings (SSSR count). The van der Waals surface area contributed by atoms with Crippen LogP contribution in [-0.2, 0) is 20.8 Å². The van der Waals surface area contributed by atoms with Crippen LogP contribution in [0.4, 0.5) is 38.9 Å². The van der Waals surface area contributed by atoms with Crippen molar-refractivity contribution in [1.29, 1.82) is 0 Å². The van der Waals surface area contributed by atoms with Crippen molar-refractivity contribution in [3.05, 3.63) is 130 Å². The first kappa shape index (κ1) is 42.1. The summed E-state index contributed by atoms with van der Waals surface area (Å²) in [6.45, 7) is 1.98. The molecule has 4 heterocycles. The number of rotatable bonds is 12. The number of nitrogens with one attached hydrogen (secondary N) is 5. The molecule has 0 bridgehead atoms. The Labute approximate surface area is 372 Å². The van der Waals surface area contributed by atoms with Crippen LogP contribution in [-0.4, -0.2) is 80.9 Å². The van der Waals surface area contributed by atoms with Crippen molar-refractivity contribution in [2.75, 3.05) is 40.9 Å². The van der Waals surface area contributed by atoms with Crippen LogP contribution in [0, 0.1) is 17.2 Å². The lowest BCUT2D eigenvalue weighted by Crippen LogP contribution is -2.54. The van der Waals surface area contributed by atoms with E-state index in [0.717, 1.165) is 42.3 Å². The van der Waals surface area contributed by atoms with Gasteiger partial charge in [-0.15, -0.1) is 0 Å². The van der Waals surface area contributed by atoms with Crippen molar-refractivity contribution in [1.82, 2.24) is 25.1 Å². The standard InChI is InChI=1S/C47H43ClFN9O6/c48-33-5-1-2-6-35(33)54-42(61)29-10-14-30(15-11-29)52-41-34(49)26-51-46(56-41)53-31-12-8-27(9-13-31)22-39(60)57-20-18-47(19-21-57)23-28(24-47)25-50-36-7-3-4-32-40(36)45(64)58(44(32)63)37-16-17-38(59)55-43(37)62/h1-15,26,28,37,50H,16-25H2,(H,54,61)(H,55,59,62)(H2,51,52,53,56). The van der Waals surface area contributed by atoms with Gasteiger partial charge in [0, 0.05) is 48.7 Å².